The third-order valence-corrected chi connectivity index (χ3v) is 13.1. The fourth-order valence-electron chi connectivity index (χ4n) is 6.13. The second-order valence-electron chi connectivity index (χ2n) is 11.1. The lowest BCUT2D eigenvalue weighted by atomic mass is 10.1. The van der Waals surface area contributed by atoms with Gasteiger partial charge in [0.05, 0.1) is 13.1 Å². The third kappa shape index (κ3) is 5.62. The maximum atomic E-state index is 7.51. The molecule has 6 aromatic carbocycles. The molecule has 0 saturated heterocycles. The van der Waals surface area contributed by atoms with Crippen LogP contribution in [-0.4, -0.2) is 23.0 Å². The highest BCUT2D eigenvalue weighted by Gasteiger charge is 2.41. The normalized spacial score (nSPS) is 10.9. The number of benzene rings is 6. The third-order valence-electron chi connectivity index (χ3n) is 8.30. The second-order valence-corrected chi connectivity index (χ2v) is 14.9. The van der Waals surface area contributed by atoms with Gasteiger partial charge in [0, 0.05) is 16.7 Å². The van der Waals surface area contributed by atoms with Crippen LogP contribution in [0.4, 0.5) is 11.4 Å². The van der Waals surface area contributed by atoms with Gasteiger partial charge in [-0.05, 0) is 32.9 Å². The maximum absolute atomic E-state index is 7.51. The van der Waals surface area contributed by atoms with Crippen LogP contribution in [-0.2, 0) is 0 Å². The molecule has 5 nitrogen and oxygen atoms in total. The van der Waals surface area contributed by atoms with Crippen molar-refractivity contribution in [1.82, 2.24) is 15.0 Å². The molecule has 0 unspecified atom stereocenters. The van der Waals surface area contributed by atoms with E-state index < -0.39 is 8.07 Å². The van der Waals surface area contributed by atoms with Crippen molar-refractivity contribution in [3.8, 4) is 34.2 Å². The van der Waals surface area contributed by atoms with E-state index in [0.29, 0.717) is 28.8 Å². The lowest BCUT2D eigenvalue weighted by molar-refractivity contribution is 1.07. The number of rotatable bonds is 7. The molecular weight excluding hydrogens is 591 g/mol. The first-order valence-corrected chi connectivity index (χ1v) is 17.2. The Hall–Kier alpha value is -6.47. The minimum absolute atomic E-state index is 0.467. The van der Waals surface area contributed by atoms with Gasteiger partial charge in [-0.15, -0.1) is 0 Å². The molecule has 0 aliphatic carbocycles. The highest BCUT2D eigenvalue weighted by molar-refractivity contribution is 7.19. The summed E-state index contributed by atoms with van der Waals surface area (Å²) in [6.07, 6.45) is 0. The van der Waals surface area contributed by atoms with Crippen molar-refractivity contribution in [3.05, 3.63) is 187 Å². The Balaban J connectivity index is 1.42. The summed E-state index contributed by atoms with van der Waals surface area (Å²) >= 11 is 0. The first-order valence-electron chi connectivity index (χ1n) is 15.2. The summed E-state index contributed by atoms with van der Waals surface area (Å²) in [7, 11) is -2.68. The molecule has 7 aromatic rings. The molecule has 0 saturated carbocycles. The van der Waals surface area contributed by atoms with Gasteiger partial charge >= 0.3 is 0 Å². The van der Waals surface area contributed by atoms with E-state index in [1.54, 1.807) is 24.3 Å². The predicted octanol–water partition coefficient (Wildman–Crippen LogP) is 7.35. The van der Waals surface area contributed by atoms with Gasteiger partial charge in [0.15, 0.2) is 36.9 Å². The number of hydrogen-bond donors (Lipinski definition) is 0. The van der Waals surface area contributed by atoms with Gasteiger partial charge in [-0.25, -0.2) is 24.6 Å². The van der Waals surface area contributed by atoms with E-state index in [1.165, 1.54) is 20.7 Å². The Kier molecular flexibility index (Phi) is 8.01. The van der Waals surface area contributed by atoms with Crippen LogP contribution in [0.1, 0.15) is 0 Å². The van der Waals surface area contributed by atoms with Gasteiger partial charge in [-0.2, -0.15) is 0 Å². The molecule has 0 radical (unpaired) electrons. The first kappa shape index (κ1) is 29.2. The quantitative estimate of drug-likeness (QED) is 0.107. The molecule has 0 fully saturated rings. The smallest absolute Gasteiger partial charge is 0.187 e. The molecule has 0 N–H and O–H groups in total. The zero-order valence-electron chi connectivity index (χ0n) is 25.3. The van der Waals surface area contributed by atoms with Gasteiger partial charge in [0.25, 0.3) is 0 Å². The van der Waals surface area contributed by atoms with Crippen molar-refractivity contribution in [3.63, 3.8) is 0 Å². The van der Waals surface area contributed by atoms with E-state index in [4.69, 9.17) is 28.1 Å². The van der Waals surface area contributed by atoms with Crippen LogP contribution in [0.3, 0.4) is 0 Å². The van der Waals surface area contributed by atoms with Crippen LogP contribution >= 0.6 is 0 Å². The lowest BCUT2D eigenvalue weighted by Gasteiger charge is -2.34. The summed E-state index contributed by atoms with van der Waals surface area (Å²) in [4.78, 5) is 21.8. The van der Waals surface area contributed by atoms with Gasteiger partial charge in [-0.1, -0.05) is 152 Å². The minimum atomic E-state index is -2.68. The van der Waals surface area contributed by atoms with Gasteiger partial charge < -0.3 is 0 Å². The van der Waals surface area contributed by atoms with Crippen molar-refractivity contribution < 1.29 is 0 Å². The Morgan fingerprint density at radius 3 is 1.11 bits per heavy atom. The molecule has 1 heterocycles. The molecule has 7 rings (SSSR count). The molecule has 220 valence electrons. The SMILES string of the molecule is [C-]#[N+]c1cccc(-c2nc(-c3ccc([Si](c4ccccc4)(c4ccccc4)c4ccccc4)cc3)nc(-c3cccc([N+]#[C-])c3)n2)c1. The minimum Gasteiger partial charge on any atom is -0.238 e. The summed E-state index contributed by atoms with van der Waals surface area (Å²) in [6.45, 7) is 15.0. The average Bonchev–Trinajstić information content (AvgIpc) is 3.16. The van der Waals surface area contributed by atoms with E-state index in [0.717, 1.165) is 16.7 Å². The van der Waals surface area contributed by atoms with Crippen LogP contribution in [0.2, 0.25) is 0 Å². The van der Waals surface area contributed by atoms with Crippen LogP contribution in [0.5, 0.6) is 0 Å². The summed E-state index contributed by atoms with van der Waals surface area (Å²) in [5.41, 5.74) is 3.32. The van der Waals surface area contributed by atoms with Crippen LogP contribution < -0.4 is 20.7 Å². The summed E-state index contributed by atoms with van der Waals surface area (Å²) in [5, 5.41) is 5.15. The highest BCUT2D eigenvalue weighted by atomic mass is 28.3. The van der Waals surface area contributed by atoms with Crippen molar-refractivity contribution in [2.45, 2.75) is 0 Å². The monoisotopic (exact) mass is 617 g/mol. The molecule has 0 aliphatic heterocycles. The Morgan fingerprint density at radius 2 is 0.723 bits per heavy atom. The van der Waals surface area contributed by atoms with Crippen molar-refractivity contribution in [2.24, 2.45) is 0 Å². The molecule has 1 aromatic heterocycles. The molecule has 0 aliphatic rings. The van der Waals surface area contributed by atoms with Gasteiger partial charge in [-0.3, -0.25) is 0 Å². The van der Waals surface area contributed by atoms with Crippen molar-refractivity contribution >= 4 is 40.2 Å². The fourth-order valence-corrected chi connectivity index (χ4v) is 10.9. The van der Waals surface area contributed by atoms with Crippen molar-refractivity contribution in [2.75, 3.05) is 0 Å². The lowest BCUT2D eigenvalue weighted by Crippen LogP contribution is -2.74. The Morgan fingerprint density at radius 1 is 0.362 bits per heavy atom. The van der Waals surface area contributed by atoms with Gasteiger partial charge in [0.1, 0.15) is 0 Å². The van der Waals surface area contributed by atoms with Gasteiger partial charge in [0.2, 0.25) is 0 Å². The van der Waals surface area contributed by atoms with E-state index in [-0.39, 0.29) is 0 Å². The molecule has 0 amide bonds. The van der Waals surface area contributed by atoms with E-state index >= 15 is 0 Å². The number of aromatic nitrogens is 3. The van der Waals surface area contributed by atoms with Crippen LogP contribution in [0.25, 0.3) is 43.9 Å². The zero-order chi connectivity index (χ0) is 32.1. The average molecular weight is 618 g/mol. The standard InChI is InChI=1S/C41H27N5Si/c1-42-33-16-12-14-31(28-33)40-44-39(45-41(46-40)32-15-13-17-34(29-32)43-2)30-24-26-38(27-25-30)47(35-18-6-3-7-19-35,36-20-8-4-9-21-36)37-22-10-5-11-23-37/h3-29H. The number of nitrogens with zero attached hydrogens (tertiary/aromatic N) is 5. The van der Waals surface area contributed by atoms with E-state index in [1.807, 2.05) is 24.3 Å². The second kappa shape index (κ2) is 12.9. The van der Waals surface area contributed by atoms with E-state index in [9.17, 15) is 0 Å². The van der Waals surface area contributed by atoms with E-state index in [2.05, 4.69) is 125 Å². The van der Waals surface area contributed by atoms with Crippen LogP contribution in [0.15, 0.2) is 164 Å². The summed E-state index contributed by atoms with van der Waals surface area (Å²) in [6, 6.07) is 55.6. The number of hydrogen-bond acceptors (Lipinski definition) is 3. The predicted molar refractivity (Wildman–Crippen MR) is 192 cm³/mol. The topological polar surface area (TPSA) is 47.4 Å². The Bertz CT molecular complexity index is 2080. The Labute approximate surface area is 275 Å². The molecule has 0 spiro atoms. The maximum Gasteiger partial charge on any atom is 0.187 e. The summed E-state index contributed by atoms with van der Waals surface area (Å²) in [5.74, 6) is 1.45. The largest absolute Gasteiger partial charge is 0.238 e. The fraction of sp³-hybridized carbons (Fsp3) is 0. The molecule has 0 atom stereocenters. The first-order chi connectivity index (χ1) is 23.2. The molecule has 6 heteroatoms. The molecule has 47 heavy (non-hydrogen) atoms. The highest BCUT2D eigenvalue weighted by Crippen LogP contribution is 2.28. The van der Waals surface area contributed by atoms with Crippen molar-refractivity contribution in [1.29, 1.82) is 0 Å². The summed E-state index contributed by atoms with van der Waals surface area (Å²) < 4.78 is 0. The molecule has 0 bridgehead atoms. The van der Waals surface area contributed by atoms with Crippen LogP contribution in [0, 0.1) is 13.1 Å². The zero-order valence-corrected chi connectivity index (χ0v) is 26.3. The molecular formula is C41H27N5Si.